The van der Waals surface area contributed by atoms with Gasteiger partial charge in [0, 0.05) is 30.0 Å². The van der Waals surface area contributed by atoms with Gasteiger partial charge in [0.25, 0.3) is 5.69 Å². The minimum Gasteiger partial charge on any atom is -0.382 e. The lowest BCUT2D eigenvalue weighted by atomic mass is 10.1. The first-order chi connectivity index (χ1) is 16.7. The van der Waals surface area contributed by atoms with E-state index in [-0.39, 0.29) is 22.6 Å². The third-order valence-corrected chi connectivity index (χ3v) is 7.11. The predicted molar refractivity (Wildman–Crippen MR) is 135 cm³/mol. The first kappa shape index (κ1) is 24.6. The van der Waals surface area contributed by atoms with Crippen molar-refractivity contribution in [3.63, 3.8) is 0 Å². The molecule has 0 atom stereocenters. The van der Waals surface area contributed by atoms with Crippen molar-refractivity contribution >= 4 is 43.5 Å². The van der Waals surface area contributed by atoms with Crippen molar-refractivity contribution in [3.8, 4) is 0 Å². The van der Waals surface area contributed by atoms with Crippen molar-refractivity contribution in [1.29, 1.82) is 0 Å². The maximum Gasteiger partial charge on any atom is 0.273 e. The van der Waals surface area contributed by atoms with Crippen molar-refractivity contribution < 1.29 is 13.3 Å². The number of hydrogen-bond donors (Lipinski definition) is 2. The summed E-state index contributed by atoms with van der Waals surface area (Å²) in [5.41, 5.74) is 8.54. The summed E-state index contributed by atoms with van der Waals surface area (Å²) in [4.78, 5) is 20.0. The Morgan fingerprint density at radius 2 is 1.80 bits per heavy atom. The second-order valence-electron chi connectivity index (χ2n) is 8.51. The van der Waals surface area contributed by atoms with Crippen LogP contribution in [-0.2, 0) is 29.4 Å². The average Bonchev–Trinajstić information content (AvgIpc) is 3.19. The molecule has 4 aromatic rings. The van der Waals surface area contributed by atoms with Gasteiger partial charge in [0.1, 0.15) is 11.3 Å². The van der Waals surface area contributed by atoms with Crippen LogP contribution in [0.3, 0.4) is 0 Å². The number of unbranched alkanes of at least 4 members (excludes halogenated alkanes) is 2. The first-order valence-corrected chi connectivity index (χ1v) is 13.1. The zero-order valence-electron chi connectivity index (χ0n) is 19.5. The Morgan fingerprint density at radius 3 is 2.51 bits per heavy atom. The summed E-state index contributed by atoms with van der Waals surface area (Å²) in [7, 11) is -4.09. The number of sulfonamides is 1. The highest BCUT2D eigenvalue weighted by molar-refractivity contribution is 7.89. The fourth-order valence-electron chi connectivity index (χ4n) is 4.49. The normalized spacial score (nSPS) is 11.9. The van der Waals surface area contributed by atoms with Gasteiger partial charge in [-0.2, -0.15) is 0 Å². The number of benzene rings is 2. The van der Waals surface area contributed by atoms with Crippen molar-refractivity contribution in [3.05, 3.63) is 64.0 Å². The van der Waals surface area contributed by atoms with E-state index < -0.39 is 14.9 Å². The van der Waals surface area contributed by atoms with E-state index in [4.69, 9.17) is 15.9 Å². The smallest absolute Gasteiger partial charge is 0.273 e. The van der Waals surface area contributed by atoms with Crippen LogP contribution in [0.15, 0.2) is 47.4 Å². The minimum absolute atomic E-state index is 0.139. The van der Waals surface area contributed by atoms with E-state index in [1.807, 2.05) is 24.3 Å². The largest absolute Gasteiger partial charge is 0.382 e. The number of nitrogens with two attached hydrogens (primary N) is 2. The highest BCUT2D eigenvalue weighted by Crippen LogP contribution is 2.31. The molecule has 0 unspecified atom stereocenters. The fraction of sp³-hybridized carbons (Fsp3) is 0.333. The first-order valence-electron chi connectivity index (χ1n) is 11.5. The number of rotatable bonds is 10. The standard InChI is InChI=1S/C24H28N6O4S/c1-2-3-14-21-28-22-23(16-9-4-5-11-18(16)27-24(22)25)29(21)15-7-6-10-17-19(30(31)32)12-8-13-20(17)35(26,33)34/h4-5,8-9,11-13H,2-3,6-7,10,14-15H2,1H3,(H2,25,27)(H2,26,33,34). The topological polar surface area (TPSA) is 160 Å². The molecule has 0 saturated heterocycles. The number of pyridine rings is 1. The third kappa shape index (κ3) is 4.96. The number of primary sulfonamides is 1. The number of nitro groups is 1. The maximum atomic E-state index is 12.0. The highest BCUT2D eigenvalue weighted by Gasteiger charge is 2.23. The molecular formula is C24H28N6O4S. The van der Waals surface area contributed by atoms with Crippen LogP contribution in [0.4, 0.5) is 11.5 Å². The number of fused-ring (bicyclic) bond motifs is 3. The van der Waals surface area contributed by atoms with Crippen molar-refractivity contribution in [2.24, 2.45) is 5.14 Å². The summed E-state index contributed by atoms with van der Waals surface area (Å²) >= 11 is 0. The molecule has 0 aliphatic rings. The number of hydrogen-bond acceptors (Lipinski definition) is 7. The Morgan fingerprint density at radius 1 is 1.03 bits per heavy atom. The van der Waals surface area contributed by atoms with E-state index in [0.29, 0.717) is 30.7 Å². The van der Waals surface area contributed by atoms with Gasteiger partial charge in [-0.3, -0.25) is 10.1 Å². The van der Waals surface area contributed by atoms with Gasteiger partial charge in [0.05, 0.1) is 20.9 Å². The van der Waals surface area contributed by atoms with Crippen LogP contribution in [0.1, 0.15) is 44.0 Å². The summed E-state index contributed by atoms with van der Waals surface area (Å²) < 4.78 is 26.2. The predicted octanol–water partition coefficient (Wildman–Crippen LogP) is 4.09. The molecule has 4 rings (SSSR count). The van der Waals surface area contributed by atoms with Crippen LogP contribution in [0.2, 0.25) is 0 Å². The van der Waals surface area contributed by atoms with E-state index in [1.54, 1.807) is 0 Å². The Labute approximate surface area is 203 Å². The van der Waals surface area contributed by atoms with E-state index in [9.17, 15) is 18.5 Å². The molecule has 0 radical (unpaired) electrons. The average molecular weight is 497 g/mol. The number of aryl methyl sites for hydroxylation is 2. The Balaban J connectivity index is 1.66. The molecule has 0 spiro atoms. The Bertz CT molecular complexity index is 1510. The number of nitrogen functional groups attached to an aromatic ring is 1. The van der Waals surface area contributed by atoms with Crippen LogP contribution in [0, 0.1) is 10.1 Å². The van der Waals surface area contributed by atoms with E-state index in [0.717, 1.165) is 41.5 Å². The molecule has 0 amide bonds. The number of para-hydroxylation sites is 1. The molecule has 35 heavy (non-hydrogen) atoms. The zero-order valence-corrected chi connectivity index (χ0v) is 20.3. The summed E-state index contributed by atoms with van der Waals surface area (Å²) in [5.74, 6) is 1.30. The van der Waals surface area contributed by atoms with Crippen LogP contribution in [-0.4, -0.2) is 27.9 Å². The quantitative estimate of drug-likeness (QED) is 0.190. The Hall–Kier alpha value is -3.57. The number of imidazole rings is 1. The second kappa shape index (κ2) is 9.96. The van der Waals surface area contributed by atoms with Crippen LogP contribution >= 0.6 is 0 Å². The van der Waals surface area contributed by atoms with Crippen molar-refractivity contribution in [1.82, 2.24) is 14.5 Å². The molecule has 184 valence electrons. The summed E-state index contributed by atoms with van der Waals surface area (Å²) in [5, 5.41) is 17.8. The molecule has 0 aliphatic carbocycles. The lowest BCUT2D eigenvalue weighted by Gasteiger charge is -2.12. The molecule has 2 aromatic carbocycles. The van der Waals surface area contributed by atoms with Gasteiger partial charge >= 0.3 is 0 Å². The molecule has 0 saturated carbocycles. The third-order valence-electron chi connectivity index (χ3n) is 6.11. The van der Waals surface area contributed by atoms with Gasteiger partial charge in [0.15, 0.2) is 5.82 Å². The molecule has 0 bridgehead atoms. The number of nitrogens with zero attached hydrogens (tertiary/aromatic N) is 4. The van der Waals surface area contributed by atoms with Gasteiger partial charge in [-0.25, -0.2) is 23.5 Å². The zero-order chi connectivity index (χ0) is 25.2. The monoisotopic (exact) mass is 496 g/mol. The molecular weight excluding hydrogens is 468 g/mol. The molecule has 2 aromatic heterocycles. The van der Waals surface area contributed by atoms with Crippen LogP contribution < -0.4 is 10.9 Å². The van der Waals surface area contributed by atoms with Crippen molar-refractivity contribution in [2.45, 2.75) is 56.9 Å². The maximum absolute atomic E-state index is 12.0. The molecule has 10 nitrogen and oxygen atoms in total. The molecule has 0 fully saturated rings. The summed E-state index contributed by atoms with van der Waals surface area (Å²) in [6.07, 6.45) is 4.17. The molecule has 2 heterocycles. The van der Waals surface area contributed by atoms with Gasteiger partial charge in [0.2, 0.25) is 10.0 Å². The SMILES string of the molecule is CCCCc1nc2c(N)nc3ccccc3c2n1CCCCc1c([N+](=O)[O-])cccc1S(N)(=O)=O. The lowest BCUT2D eigenvalue weighted by Crippen LogP contribution is -2.15. The van der Waals surface area contributed by atoms with E-state index in [1.165, 1.54) is 18.2 Å². The van der Waals surface area contributed by atoms with E-state index in [2.05, 4.69) is 16.5 Å². The van der Waals surface area contributed by atoms with Gasteiger partial charge in [-0.15, -0.1) is 0 Å². The van der Waals surface area contributed by atoms with Crippen LogP contribution in [0.5, 0.6) is 0 Å². The lowest BCUT2D eigenvalue weighted by molar-refractivity contribution is -0.385. The van der Waals surface area contributed by atoms with Gasteiger partial charge in [-0.1, -0.05) is 37.6 Å². The second-order valence-corrected chi connectivity index (χ2v) is 10.0. The number of aromatic nitrogens is 3. The van der Waals surface area contributed by atoms with Gasteiger partial charge in [-0.05, 0) is 37.8 Å². The Kier molecular flexibility index (Phi) is 6.99. The van der Waals surface area contributed by atoms with Crippen molar-refractivity contribution in [2.75, 3.05) is 5.73 Å². The molecule has 0 aliphatic heterocycles. The van der Waals surface area contributed by atoms with Gasteiger partial charge < -0.3 is 10.3 Å². The summed E-state index contributed by atoms with van der Waals surface area (Å²) in [6, 6.07) is 11.7. The number of anilines is 1. The molecule has 4 N–H and O–H groups in total. The van der Waals surface area contributed by atoms with Crippen LogP contribution in [0.25, 0.3) is 21.9 Å². The summed E-state index contributed by atoms with van der Waals surface area (Å²) in [6.45, 7) is 2.72. The molecule has 11 heteroatoms. The minimum atomic E-state index is -4.09. The fourth-order valence-corrected chi connectivity index (χ4v) is 5.30. The highest BCUT2D eigenvalue weighted by atomic mass is 32.2. The number of nitro benzene ring substituents is 1. The van der Waals surface area contributed by atoms with E-state index >= 15 is 0 Å².